The summed E-state index contributed by atoms with van der Waals surface area (Å²) in [5.74, 6) is 1.65. The Kier molecular flexibility index (Phi) is 3.95. The third-order valence-electron chi connectivity index (χ3n) is 4.80. The van der Waals surface area contributed by atoms with Crippen LogP contribution in [0.4, 0.5) is 0 Å². The maximum absolute atomic E-state index is 12.7. The number of aryl methyl sites for hydroxylation is 1. The average Bonchev–Trinajstić information content (AvgIpc) is 3.22. The first-order chi connectivity index (χ1) is 11.2. The molecule has 0 saturated carbocycles. The van der Waals surface area contributed by atoms with Gasteiger partial charge in [-0.3, -0.25) is 9.69 Å². The predicted octanol–water partition coefficient (Wildman–Crippen LogP) is 3.02. The topological polar surface area (TPSA) is 49.6 Å². The van der Waals surface area contributed by atoms with Crippen molar-refractivity contribution in [3.05, 3.63) is 29.0 Å². The third kappa shape index (κ3) is 2.93. The molecule has 122 valence electrons. The number of thiazole rings is 1. The summed E-state index contributed by atoms with van der Waals surface area (Å²) in [6.07, 6.45) is 3.78. The molecule has 0 spiro atoms. The van der Waals surface area contributed by atoms with Gasteiger partial charge in [0.15, 0.2) is 10.8 Å². The van der Waals surface area contributed by atoms with Crippen molar-refractivity contribution < 1.29 is 9.21 Å². The molecule has 0 radical (unpaired) electrons. The van der Waals surface area contributed by atoms with Crippen LogP contribution in [-0.2, 0) is 0 Å². The van der Waals surface area contributed by atoms with Gasteiger partial charge in [-0.1, -0.05) is 6.42 Å². The average molecular weight is 331 g/mol. The zero-order valence-corrected chi connectivity index (χ0v) is 14.1. The molecule has 0 aliphatic carbocycles. The van der Waals surface area contributed by atoms with Crippen LogP contribution in [0, 0.1) is 6.92 Å². The van der Waals surface area contributed by atoms with E-state index in [1.807, 2.05) is 29.3 Å². The summed E-state index contributed by atoms with van der Waals surface area (Å²) >= 11 is 1.47. The molecule has 2 aromatic rings. The maximum atomic E-state index is 12.7. The summed E-state index contributed by atoms with van der Waals surface area (Å²) in [4.78, 5) is 21.7. The Hall–Kier alpha value is -1.66. The number of rotatable bonds is 2. The predicted molar refractivity (Wildman–Crippen MR) is 89.7 cm³/mol. The zero-order chi connectivity index (χ0) is 15.8. The van der Waals surface area contributed by atoms with Crippen molar-refractivity contribution in [3.63, 3.8) is 0 Å². The van der Waals surface area contributed by atoms with Crippen LogP contribution in [0.15, 0.2) is 21.9 Å². The van der Waals surface area contributed by atoms with Gasteiger partial charge in [0.25, 0.3) is 5.91 Å². The van der Waals surface area contributed by atoms with Crippen molar-refractivity contribution >= 4 is 17.2 Å². The summed E-state index contributed by atoms with van der Waals surface area (Å²) in [5, 5.41) is 2.63. The van der Waals surface area contributed by atoms with Crippen LogP contribution in [0.2, 0.25) is 0 Å². The number of amides is 1. The Morgan fingerprint density at radius 1 is 1.30 bits per heavy atom. The monoisotopic (exact) mass is 331 g/mol. The maximum Gasteiger partial charge on any atom is 0.273 e. The molecular formula is C17H21N3O2S. The molecule has 2 aromatic heterocycles. The summed E-state index contributed by atoms with van der Waals surface area (Å²) in [6.45, 7) is 5.73. The minimum absolute atomic E-state index is 0.0565. The number of fused-ring (bicyclic) bond motifs is 1. The molecule has 2 aliphatic heterocycles. The van der Waals surface area contributed by atoms with E-state index in [0.29, 0.717) is 11.7 Å². The largest absolute Gasteiger partial charge is 0.459 e. The van der Waals surface area contributed by atoms with Gasteiger partial charge < -0.3 is 9.32 Å². The van der Waals surface area contributed by atoms with Gasteiger partial charge in [0.1, 0.15) is 11.5 Å². The van der Waals surface area contributed by atoms with E-state index in [-0.39, 0.29) is 5.91 Å². The van der Waals surface area contributed by atoms with Crippen molar-refractivity contribution in [2.75, 3.05) is 26.2 Å². The molecule has 23 heavy (non-hydrogen) atoms. The van der Waals surface area contributed by atoms with Crippen molar-refractivity contribution in [1.29, 1.82) is 0 Å². The van der Waals surface area contributed by atoms with Gasteiger partial charge in [0.2, 0.25) is 0 Å². The second kappa shape index (κ2) is 6.09. The molecule has 0 N–H and O–H groups in total. The number of piperidine rings is 1. The van der Waals surface area contributed by atoms with E-state index in [4.69, 9.17) is 4.42 Å². The first kappa shape index (κ1) is 14.9. The quantitative estimate of drug-likeness (QED) is 0.849. The van der Waals surface area contributed by atoms with Crippen LogP contribution in [0.25, 0.3) is 10.8 Å². The normalized spacial score (nSPS) is 22.1. The summed E-state index contributed by atoms with van der Waals surface area (Å²) < 4.78 is 5.60. The van der Waals surface area contributed by atoms with Gasteiger partial charge in [-0.15, -0.1) is 11.3 Å². The van der Waals surface area contributed by atoms with E-state index < -0.39 is 0 Å². The third-order valence-corrected chi connectivity index (χ3v) is 5.66. The Morgan fingerprint density at radius 3 is 3.04 bits per heavy atom. The highest BCUT2D eigenvalue weighted by molar-refractivity contribution is 7.13. The van der Waals surface area contributed by atoms with Crippen LogP contribution in [0.1, 0.15) is 35.5 Å². The lowest BCUT2D eigenvalue weighted by atomic mass is 9.99. The lowest BCUT2D eigenvalue weighted by Gasteiger charge is -2.43. The first-order valence-corrected chi connectivity index (χ1v) is 9.14. The van der Waals surface area contributed by atoms with Gasteiger partial charge in [-0.25, -0.2) is 4.98 Å². The van der Waals surface area contributed by atoms with Crippen LogP contribution in [0.3, 0.4) is 0 Å². The van der Waals surface area contributed by atoms with E-state index in [0.717, 1.165) is 36.2 Å². The van der Waals surface area contributed by atoms with Crippen molar-refractivity contribution in [2.45, 2.75) is 32.2 Å². The van der Waals surface area contributed by atoms with Gasteiger partial charge >= 0.3 is 0 Å². The minimum atomic E-state index is 0.0565. The van der Waals surface area contributed by atoms with Crippen LogP contribution in [0.5, 0.6) is 0 Å². The Bertz CT molecular complexity index is 708. The molecule has 2 aliphatic rings. The summed E-state index contributed by atoms with van der Waals surface area (Å²) in [6, 6.07) is 4.36. The first-order valence-electron chi connectivity index (χ1n) is 8.26. The standard InChI is InChI=1S/C17H21N3O2S/c1-12-5-6-15(22-12)16-18-14(11-23-16)17(21)20-9-8-19-7-3-2-4-13(19)10-20/h5-6,11,13H,2-4,7-10H2,1H3/t13-/m1/s1. The lowest BCUT2D eigenvalue weighted by molar-refractivity contribution is 0.0369. The van der Waals surface area contributed by atoms with Gasteiger partial charge in [0.05, 0.1) is 0 Å². The second-order valence-electron chi connectivity index (χ2n) is 6.38. The number of carbonyl (C=O) groups excluding carboxylic acids is 1. The molecule has 0 aromatic carbocycles. The van der Waals surface area contributed by atoms with E-state index in [2.05, 4.69) is 9.88 Å². The van der Waals surface area contributed by atoms with Gasteiger partial charge in [-0.05, 0) is 38.4 Å². The number of nitrogens with zero attached hydrogens (tertiary/aromatic N) is 3. The van der Waals surface area contributed by atoms with Crippen LogP contribution >= 0.6 is 11.3 Å². The molecule has 6 heteroatoms. The molecular weight excluding hydrogens is 310 g/mol. The summed E-state index contributed by atoms with van der Waals surface area (Å²) in [7, 11) is 0. The SMILES string of the molecule is Cc1ccc(-c2nc(C(=O)N3CCN4CCCC[C@@H]4C3)cs2)o1. The molecule has 2 fully saturated rings. The highest BCUT2D eigenvalue weighted by Crippen LogP contribution is 2.27. The van der Waals surface area contributed by atoms with Crippen molar-refractivity contribution in [1.82, 2.24) is 14.8 Å². The molecule has 4 heterocycles. The molecule has 4 rings (SSSR count). The minimum Gasteiger partial charge on any atom is -0.459 e. The molecule has 1 amide bonds. The smallest absolute Gasteiger partial charge is 0.273 e. The van der Waals surface area contributed by atoms with E-state index >= 15 is 0 Å². The number of hydrogen-bond donors (Lipinski definition) is 0. The Labute approximate surface area is 139 Å². The highest BCUT2D eigenvalue weighted by Gasteiger charge is 2.32. The fourth-order valence-corrected chi connectivity index (χ4v) is 4.29. The van der Waals surface area contributed by atoms with Crippen LogP contribution in [-0.4, -0.2) is 52.9 Å². The van der Waals surface area contributed by atoms with Crippen molar-refractivity contribution in [2.24, 2.45) is 0 Å². The highest BCUT2D eigenvalue weighted by atomic mass is 32.1. The Balaban J connectivity index is 1.48. The zero-order valence-electron chi connectivity index (χ0n) is 13.3. The number of furan rings is 1. The number of carbonyl (C=O) groups is 1. The van der Waals surface area contributed by atoms with Crippen molar-refractivity contribution in [3.8, 4) is 10.8 Å². The van der Waals surface area contributed by atoms with E-state index in [9.17, 15) is 4.79 Å². The molecule has 5 nitrogen and oxygen atoms in total. The van der Waals surface area contributed by atoms with Gasteiger partial charge in [-0.2, -0.15) is 0 Å². The lowest BCUT2D eigenvalue weighted by Crippen LogP contribution is -2.56. The fourth-order valence-electron chi connectivity index (χ4n) is 3.54. The molecule has 0 bridgehead atoms. The van der Waals surface area contributed by atoms with Gasteiger partial charge in [0, 0.05) is 31.1 Å². The fraction of sp³-hybridized carbons (Fsp3) is 0.529. The molecule has 1 atom stereocenters. The summed E-state index contributed by atoms with van der Waals surface area (Å²) in [5.41, 5.74) is 0.545. The molecule has 0 unspecified atom stereocenters. The van der Waals surface area contributed by atoms with Crippen LogP contribution < -0.4 is 0 Å². The van der Waals surface area contributed by atoms with E-state index in [1.54, 1.807) is 0 Å². The Morgan fingerprint density at radius 2 is 2.22 bits per heavy atom. The number of hydrogen-bond acceptors (Lipinski definition) is 5. The second-order valence-corrected chi connectivity index (χ2v) is 7.24. The van der Waals surface area contributed by atoms with E-state index in [1.165, 1.54) is 37.1 Å². The number of piperazine rings is 1. The molecule has 2 saturated heterocycles. The number of aromatic nitrogens is 1.